The fraction of sp³-hybridized carbons (Fsp3) is 0.105. The van der Waals surface area contributed by atoms with E-state index >= 15 is 0 Å². The third-order valence-electron chi connectivity index (χ3n) is 3.83. The minimum atomic E-state index is -3.85. The average molecular weight is 414 g/mol. The summed E-state index contributed by atoms with van der Waals surface area (Å²) in [5.74, 6) is 0.528. The van der Waals surface area contributed by atoms with Gasteiger partial charge in [0, 0.05) is 29.7 Å². The number of carbonyl (C=O) groups is 1. The van der Waals surface area contributed by atoms with Crippen molar-refractivity contribution in [3.8, 4) is 11.5 Å². The summed E-state index contributed by atoms with van der Waals surface area (Å²) in [5, 5.41) is 2.70. The Kier molecular flexibility index (Phi) is 5.93. The van der Waals surface area contributed by atoms with Gasteiger partial charge in [0.2, 0.25) is 5.95 Å². The first-order valence-electron chi connectivity index (χ1n) is 8.35. The van der Waals surface area contributed by atoms with Crippen LogP contribution in [0.25, 0.3) is 0 Å². The fourth-order valence-corrected chi connectivity index (χ4v) is 3.35. The van der Waals surface area contributed by atoms with Gasteiger partial charge in [0.15, 0.2) is 0 Å². The van der Waals surface area contributed by atoms with Crippen molar-refractivity contribution < 1.29 is 22.7 Å². The predicted molar refractivity (Wildman–Crippen MR) is 107 cm³/mol. The molecule has 150 valence electrons. The highest BCUT2D eigenvalue weighted by Crippen LogP contribution is 2.23. The van der Waals surface area contributed by atoms with E-state index in [0.717, 1.165) is 0 Å². The molecule has 0 radical (unpaired) electrons. The first-order chi connectivity index (χ1) is 13.9. The molecule has 3 aromatic rings. The van der Waals surface area contributed by atoms with E-state index in [4.69, 9.17) is 9.47 Å². The van der Waals surface area contributed by atoms with Crippen LogP contribution < -0.4 is 19.5 Å². The van der Waals surface area contributed by atoms with E-state index in [1.165, 1.54) is 50.9 Å². The first-order valence-corrected chi connectivity index (χ1v) is 9.84. The maximum atomic E-state index is 12.5. The molecular formula is C19H18N4O5S. The maximum Gasteiger partial charge on any atom is 0.264 e. The molecule has 0 spiro atoms. The van der Waals surface area contributed by atoms with Gasteiger partial charge in [-0.2, -0.15) is 0 Å². The van der Waals surface area contributed by atoms with E-state index in [0.29, 0.717) is 22.7 Å². The minimum Gasteiger partial charge on any atom is -0.497 e. The number of amides is 1. The van der Waals surface area contributed by atoms with Gasteiger partial charge in [0.1, 0.15) is 11.5 Å². The quantitative estimate of drug-likeness (QED) is 0.610. The smallest absolute Gasteiger partial charge is 0.264 e. The number of methoxy groups -OCH3 is 2. The molecule has 9 nitrogen and oxygen atoms in total. The molecule has 0 aliphatic rings. The summed E-state index contributed by atoms with van der Waals surface area (Å²) in [6.07, 6.45) is 2.86. The molecule has 2 N–H and O–H groups in total. The van der Waals surface area contributed by atoms with E-state index in [1.54, 1.807) is 24.3 Å². The number of carbonyl (C=O) groups excluding carboxylic acids is 1. The van der Waals surface area contributed by atoms with Gasteiger partial charge >= 0.3 is 0 Å². The van der Waals surface area contributed by atoms with E-state index in [9.17, 15) is 13.2 Å². The third kappa shape index (κ3) is 4.99. The Morgan fingerprint density at radius 3 is 2.07 bits per heavy atom. The summed E-state index contributed by atoms with van der Waals surface area (Å²) >= 11 is 0. The zero-order valence-corrected chi connectivity index (χ0v) is 16.4. The van der Waals surface area contributed by atoms with Crippen LogP contribution in [-0.2, 0) is 10.0 Å². The zero-order chi connectivity index (χ0) is 20.9. The van der Waals surface area contributed by atoms with Crippen LogP contribution in [0, 0.1) is 0 Å². The number of sulfonamides is 1. The van der Waals surface area contributed by atoms with E-state index in [1.807, 2.05) is 0 Å². The van der Waals surface area contributed by atoms with Crippen LogP contribution in [0.15, 0.2) is 65.8 Å². The summed E-state index contributed by atoms with van der Waals surface area (Å²) in [7, 11) is -0.869. The molecule has 0 atom stereocenters. The van der Waals surface area contributed by atoms with E-state index in [2.05, 4.69) is 20.0 Å². The Morgan fingerprint density at radius 1 is 0.931 bits per heavy atom. The SMILES string of the molecule is COc1cc(OC)cc(C(=O)Nc2ccc(S(=O)(=O)Nc3ncccn3)cc2)c1. The molecule has 0 aliphatic carbocycles. The molecule has 1 amide bonds. The summed E-state index contributed by atoms with van der Waals surface area (Å²) < 4.78 is 37.4. The zero-order valence-electron chi connectivity index (χ0n) is 15.6. The number of nitrogens with zero attached hydrogens (tertiary/aromatic N) is 2. The van der Waals surface area contributed by atoms with Crippen molar-refractivity contribution in [3.05, 3.63) is 66.5 Å². The molecule has 1 aromatic heterocycles. The number of rotatable bonds is 7. The van der Waals surface area contributed by atoms with Gasteiger partial charge in [-0.05, 0) is 42.5 Å². The first kappa shape index (κ1) is 20.1. The van der Waals surface area contributed by atoms with Crippen LogP contribution in [0.4, 0.5) is 11.6 Å². The largest absolute Gasteiger partial charge is 0.497 e. The lowest BCUT2D eigenvalue weighted by Gasteiger charge is -2.10. The van der Waals surface area contributed by atoms with Crippen LogP contribution in [0.3, 0.4) is 0 Å². The van der Waals surface area contributed by atoms with Gasteiger partial charge in [-0.25, -0.2) is 23.1 Å². The highest BCUT2D eigenvalue weighted by Gasteiger charge is 2.16. The van der Waals surface area contributed by atoms with Crippen molar-refractivity contribution in [2.24, 2.45) is 0 Å². The third-order valence-corrected chi connectivity index (χ3v) is 5.17. The van der Waals surface area contributed by atoms with Gasteiger partial charge in [-0.3, -0.25) is 4.79 Å². The van der Waals surface area contributed by atoms with Crippen molar-refractivity contribution >= 4 is 27.6 Å². The lowest BCUT2D eigenvalue weighted by Crippen LogP contribution is -2.15. The Morgan fingerprint density at radius 2 is 1.52 bits per heavy atom. The monoisotopic (exact) mass is 414 g/mol. The van der Waals surface area contributed by atoms with Crippen molar-refractivity contribution in [2.45, 2.75) is 4.90 Å². The minimum absolute atomic E-state index is 0.00556. The highest BCUT2D eigenvalue weighted by molar-refractivity contribution is 7.92. The average Bonchev–Trinajstić information content (AvgIpc) is 2.74. The topological polar surface area (TPSA) is 120 Å². The molecule has 2 aromatic carbocycles. The molecular weight excluding hydrogens is 396 g/mol. The Balaban J connectivity index is 1.74. The molecule has 1 heterocycles. The standard InChI is InChI=1S/C19H18N4O5S/c1-27-15-10-13(11-16(12-15)28-2)18(24)22-14-4-6-17(7-5-14)29(25,26)23-19-20-8-3-9-21-19/h3-12H,1-2H3,(H,22,24)(H,20,21,23). The molecule has 3 rings (SSSR count). The molecule has 0 aliphatic heterocycles. The summed E-state index contributed by atoms with van der Waals surface area (Å²) in [4.78, 5) is 20.2. The molecule has 0 unspecified atom stereocenters. The molecule has 0 fully saturated rings. The van der Waals surface area contributed by atoms with Gasteiger partial charge in [-0.1, -0.05) is 0 Å². The van der Waals surface area contributed by atoms with E-state index in [-0.39, 0.29) is 10.8 Å². The number of ether oxygens (including phenoxy) is 2. The van der Waals surface area contributed by atoms with Gasteiger partial charge in [0.05, 0.1) is 19.1 Å². The summed E-state index contributed by atoms with van der Waals surface area (Å²) in [6.45, 7) is 0. The number of hydrogen-bond acceptors (Lipinski definition) is 7. The van der Waals surface area contributed by atoms with Crippen molar-refractivity contribution in [2.75, 3.05) is 24.3 Å². The van der Waals surface area contributed by atoms with Gasteiger partial charge in [-0.15, -0.1) is 0 Å². The number of benzene rings is 2. The second-order valence-corrected chi connectivity index (χ2v) is 7.44. The second kappa shape index (κ2) is 8.57. The number of nitrogens with one attached hydrogen (secondary N) is 2. The molecule has 29 heavy (non-hydrogen) atoms. The molecule has 0 bridgehead atoms. The van der Waals surface area contributed by atoms with Gasteiger partial charge in [0.25, 0.3) is 15.9 Å². The second-order valence-electron chi connectivity index (χ2n) is 5.76. The normalized spacial score (nSPS) is 10.8. The fourth-order valence-electron chi connectivity index (χ4n) is 2.39. The highest BCUT2D eigenvalue weighted by atomic mass is 32.2. The van der Waals surface area contributed by atoms with Crippen LogP contribution in [0.2, 0.25) is 0 Å². The predicted octanol–water partition coefficient (Wildman–Crippen LogP) is 2.55. The molecule has 10 heteroatoms. The molecule has 0 saturated carbocycles. The van der Waals surface area contributed by atoms with Gasteiger partial charge < -0.3 is 14.8 Å². The number of hydrogen-bond donors (Lipinski definition) is 2. The Labute approximate surface area is 167 Å². The lowest BCUT2D eigenvalue weighted by molar-refractivity contribution is 0.102. The number of anilines is 2. The maximum absolute atomic E-state index is 12.5. The van der Waals surface area contributed by atoms with Crippen LogP contribution in [-0.4, -0.2) is 38.5 Å². The molecule has 0 saturated heterocycles. The van der Waals surface area contributed by atoms with Crippen LogP contribution >= 0.6 is 0 Å². The van der Waals surface area contributed by atoms with Crippen molar-refractivity contribution in [1.29, 1.82) is 0 Å². The van der Waals surface area contributed by atoms with Crippen molar-refractivity contribution in [1.82, 2.24) is 9.97 Å². The summed E-state index contributed by atoms with van der Waals surface area (Å²) in [5.41, 5.74) is 0.757. The number of aromatic nitrogens is 2. The lowest BCUT2D eigenvalue weighted by atomic mass is 10.2. The van der Waals surface area contributed by atoms with Crippen LogP contribution in [0.5, 0.6) is 11.5 Å². The van der Waals surface area contributed by atoms with Crippen LogP contribution in [0.1, 0.15) is 10.4 Å². The van der Waals surface area contributed by atoms with E-state index < -0.39 is 15.9 Å². The summed E-state index contributed by atoms with van der Waals surface area (Å²) in [6, 6.07) is 12.1. The Hall–Kier alpha value is -3.66. The Bertz CT molecular complexity index is 1080. The van der Waals surface area contributed by atoms with Crippen molar-refractivity contribution in [3.63, 3.8) is 0 Å².